The molecule has 30 heavy (non-hydrogen) atoms. The number of halogens is 1. The fourth-order valence-electron chi connectivity index (χ4n) is 3.31. The highest BCUT2D eigenvalue weighted by molar-refractivity contribution is 6.30. The Hall–Kier alpha value is -3.36. The molecule has 4 rings (SSSR count). The van der Waals surface area contributed by atoms with Crippen molar-refractivity contribution < 1.29 is 19.1 Å². The number of fused-ring (bicyclic) bond motifs is 1. The quantitative estimate of drug-likeness (QED) is 0.562. The van der Waals surface area contributed by atoms with Crippen LogP contribution in [0, 0.1) is 0 Å². The highest BCUT2D eigenvalue weighted by atomic mass is 35.5. The minimum atomic E-state index is -0.574. The number of ether oxygens (including phenoxy) is 1. The zero-order valence-corrected chi connectivity index (χ0v) is 16.6. The summed E-state index contributed by atoms with van der Waals surface area (Å²) >= 11 is 5.80. The normalized spacial score (nSPS) is 19.8. The molecule has 2 heterocycles. The Bertz CT molecular complexity index is 1030. The number of anilines is 3. The lowest BCUT2D eigenvalue weighted by Crippen LogP contribution is -2.58. The molecule has 2 aromatic carbocycles. The van der Waals surface area contributed by atoms with E-state index in [0.29, 0.717) is 47.3 Å². The van der Waals surface area contributed by atoms with Crippen molar-refractivity contribution in [1.29, 1.82) is 0 Å². The van der Waals surface area contributed by atoms with Crippen molar-refractivity contribution in [2.45, 2.75) is 12.1 Å². The van der Waals surface area contributed by atoms with Crippen molar-refractivity contribution in [3.05, 3.63) is 65.2 Å². The lowest BCUT2D eigenvalue weighted by Gasteiger charge is -2.36. The van der Waals surface area contributed by atoms with Crippen LogP contribution >= 0.6 is 11.6 Å². The van der Waals surface area contributed by atoms with Crippen LogP contribution in [-0.2, 0) is 14.3 Å². The maximum atomic E-state index is 12.5. The summed E-state index contributed by atoms with van der Waals surface area (Å²) in [7, 11) is 0. The number of carbonyl (C=O) groups is 3. The minimum absolute atomic E-state index is 0.233. The van der Waals surface area contributed by atoms with Crippen molar-refractivity contribution in [3.8, 4) is 0 Å². The van der Waals surface area contributed by atoms with Crippen LogP contribution in [0.25, 0.3) is 0 Å². The van der Waals surface area contributed by atoms with Gasteiger partial charge in [0.2, 0.25) is 11.8 Å². The smallest absolute Gasteiger partial charge is 0.255 e. The molecule has 1 atom stereocenters. The molecule has 0 aromatic heterocycles. The number of hydrogen-bond acceptors (Lipinski definition) is 5. The van der Waals surface area contributed by atoms with Crippen LogP contribution < -0.4 is 21.3 Å². The molecule has 0 radical (unpaired) electrons. The molecule has 1 fully saturated rings. The first-order chi connectivity index (χ1) is 14.4. The lowest BCUT2D eigenvalue weighted by molar-refractivity contribution is -0.114. The molecular formula is C21H19ClN4O4. The standard InChI is InChI=1S/C21H19ClN4O4/c22-13-1-3-14(4-2-13)23-18(27)7-8-19(28)24-15-5-6-17-16(11-15)20(29)26-21(25-17)9-10-30-12-21/h1-8,11,25H,9-10,12H2,(H,23,27)(H,24,28)(H,26,29)/b8-7+. The van der Waals surface area contributed by atoms with E-state index >= 15 is 0 Å². The second-order valence-electron chi connectivity index (χ2n) is 7.04. The summed E-state index contributed by atoms with van der Waals surface area (Å²) in [6.45, 7) is 0.980. The van der Waals surface area contributed by atoms with Crippen LogP contribution in [-0.4, -0.2) is 36.6 Å². The number of amides is 3. The first-order valence-corrected chi connectivity index (χ1v) is 9.68. The highest BCUT2D eigenvalue weighted by Gasteiger charge is 2.40. The molecule has 2 aliphatic rings. The molecule has 0 saturated carbocycles. The monoisotopic (exact) mass is 426 g/mol. The predicted molar refractivity (Wildman–Crippen MR) is 114 cm³/mol. The Kier molecular flexibility index (Phi) is 5.43. The summed E-state index contributed by atoms with van der Waals surface area (Å²) in [4.78, 5) is 36.6. The highest BCUT2D eigenvalue weighted by Crippen LogP contribution is 2.31. The van der Waals surface area contributed by atoms with E-state index in [1.807, 2.05) is 0 Å². The summed E-state index contributed by atoms with van der Waals surface area (Å²) in [6.07, 6.45) is 2.92. The van der Waals surface area contributed by atoms with Crippen molar-refractivity contribution >= 4 is 46.4 Å². The van der Waals surface area contributed by atoms with Crippen LogP contribution in [0.3, 0.4) is 0 Å². The van der Waals surface area contributed by atoms with Gasteiger partial charge in [-0.3, -0.25) is 14.4 Å². The van der Waals surface area contributed by atoms with Crippen LogP contribution in [0.15, 0.2) is 54.6 Å². The van der Waals surface area contributed by atoms with Crippen LogP contribution in [0.4, 0.5) is 17.1 Å². The zero-order valence-electron chi connectivity index (χ0n) is 15.8. The Morgan fingerprint density at radius 3 is 2.33 bits per heavy atom. The van der Waals surface area contributed by atoms with E-state index in [-0.39, 0.29) is 5.91 Å². The molecule has 9 heteroatoms. The van der Waals surface area contributed by atoms with Gasteiger partial charge in [0, 0.05) is 40.7 Å². The van der Waals surface area contributed by atoms with Crippen molar-refractivity contribution in [2.75, 3.05) is 29.2 Å². The van der Waals surface area contributed by atoms with E-state index < -0.39 is 17.5 Å². The van der Waals surface area contributed by atoms with Crippen LogP contribution in [0.1, 0.15) is 16.8 Å². The maximum Gasteiger partial charge on any atom is 0.255 e. The Labute approximate surface area is 177 Å². The van der Waals surface area contributed by atoms with E-state index in [0.717, 1.165) is 12.2 Å². The van der Waals surface area contributed by atoms with Gasteiger partial charge in [-0.15, -0.1) is 0 Å². The van der Waals surface area contributed by atoms with Gasteiger partial charge in [-0.2, -0.15) is 0 Å². The summed E-state index contributed by atoms with van der Waals surface area (Å²) in [5.41, 5.74) is 1.54. The fraction of sp³-hybridized carbons (Fsp3) is 0.190. The van der Waals surface area contributed by atoms with E-state index in [1.54, 1.807) is 42.5 Å². The molecule has 1 unspecified atom stereocenters. The summed E-state index contributed by atoms with van der Waals surface area (Å²) in [5, 5.41) is 12.1. The number of carbonyl (C=O) groups excluding carboxylic acids is 3. The molecule has 154 valence electrons. The van der Waals surface area contributed by atoms with Gasteiger partial charge in [0.05, 0.1) is 18.8 Å². The van der Waals surface area contributed by atoms with Crippen molar-refractivity contribution in [2.24, 2.45) is 0 Å². The minimum Gasteiger partial charge on any atom is -0.377 e. The van der Waals surface area contributed by atoms with E-state index in [1.165, 1.54) is 0 Å². The third-order valence-electron chi connectivity index (χ3n) is 4.78. The largest absolute Gasteiger partial charge is 0.377 e. The first-order valence-electron chi connectivity index (χ1n) is 9.31. The number of benzene rings is 2. The molecule has 0 bridgehead atoms. The van der Waals surface area contributed by atoms with Gasteiger partial charge in [-0.25, -0.2) is 0 Å². The van der Waals surface area contributed by atoms with Gasteiger partial charge in [-0.1, -0.05) is 11.6 Å². The lowest BCUT2D eigenvalue weighted by atomic mass is 10.0. The third-order valence-corrected chi connectivity index (χ3v) is 5.03. The molecule has 3 amide bonds. The number of rotatable bonds is 4. The molecule has 4 N–H and O–H groups in total. The molecular weight excluding hydrogens is 408 g/mol. The number of nitrogens with one attached hydrogen (secondary N) is 4. The number of hydrogen-bond donors (Lipinski definition) is 4. The van der Waals surface area contributed by atoms with Gasteiger partial charge in [0.1, 0.15) is 5.66 Å². The summed E-state index contributed by atoms with van der Waals surface area (Å²) in [5.74, 6) is -1.18. The average molecular weight is 427 g/mol. The van der Waals surface area contributed by atoms with E-state index in [2.05, 4.69) is 21.3 Å². The third kappa shape index (κ3) is 4.45. The second-order valence-corrected chi connectivity index (χ2v) is 7.48. The Balaban J connectivity index is 1.37. The van der Waals surface area contributed by atoms with Crippen LogP contribution in [0.5, 0.6) is 0 Å². The van der Waals surface area contributed by atoms with Gasteiger partial charge in [0.25, 0.3) is 5.91 Å². The zero-order chi connectivity index (χ0) is 21.1. The van der Waals surface area contributed by atoms with Crippen molar-refractivity contribution in [3.63, 3.8) is 0 Å². The van der Waals surface area contributed by atoms with E-state index in [4.69, 9.17) is 16.3 Å². The molecule has 2 aromatic rings. The predicted octanol–water partition coefficient (Wildman–Crippen LogP) is 2.75. The van der Waals surface area contributed by atoms with Crippen molar-refractivity contribution in [1.82, 2.24) is 5.32 Å². The van der Waals surface area contributed by atoms with Crippen LogP contribution in [0.2, 0.25) is 5.02 Å². The molecule has 2 aliphatic heterocycles. The molecule has 0 aliphatic carbocycles. The van der Waals surface area contributed by atoms with E-state index in [9.17, 15) is 14.4 Å². The summed E-state index contributed by atoms with van der Waals surface area (Å²) < 4.78 is 5.39. The van der Waals surface area contributed by atoms with Gasteiger partial charge >= 0.3 is 0 Å². The topological polar surface area (TPSA) is 109 Å². The fourth-order valence-corrected chi connectivity index (χ4v) is 3.43. The molecule has 8 nitrogen and oxygen atoms in total. The average Bonchev–Trinajstić information content (AvgIpc) is 3.16. The second kappa shape index (κ2) is 8.17. The molecule has 1 spiro atoms. The SMILES string of the molecule is O=C(/C=C/C(=O)Nc1ccc2c(c1)C(=O)NC1(CCOC1)N2)Nc1ccc(Cl)cc1. The molecule has 1 saturated heterocycles. The van der Waals surface area contributed by atoms with Gasteiger partial charge < -0.3 is 26.0 Å². The maximum absolute atomic E-state index is 12.5. The van der Waals surface area contributed by atoms with Gasteiger partial charge in [-0.05, 0) is 42.5 Å². The Morgan fingerprint density at radius 1 is 1.00 bits per heavy atom. The Morgan fingerprint density at radius 2 is 1.67 bits per heavy atom. The first kappa shape index (κ1) is 19.9. The summed E-state index contributed by atoms with van der Waals surface area (Å²) in [6, 6.07) is 11.6. The van der Waals surface area contributed by atoms with Gasteiger partial charge in [0.15, 0.2) is 0 Å².